The Morgan fingerprint density at radius 3 is 2.68 bits per heavy atom. The maximum Gasteiger partial charge on any atom is 0.254 e. The van der Waals surface area contributed by atoms with Gasteiger partial charge in [0.05, 0.1) is 12.2 Å². The van der Waals surface area contributed by atoms with Crippen molar-refractivity contribution < 1.29 is 14.7 Å². The standard InChI is InChI=1S/C24H24ClN3O3/c1-24-22-21(16-8-3-5-10-19(16)26-22)17(15-7-2-4-9-18(15)25)13-28(24)20(30)14-27(23(24)31)11-6-12-29/h2-5,7-10,17,26,29H,6,11-14H2,1H3/t17?,24-/m0/s1. The Balaban J connectivity index is 1.74. The van der Waals surface area contributed by atoms with Crippen LogP contribution in [-0.2, 0) is 15.1 Å². The molecule has 1 fully saturated rings. The number of aliphatic hydroxyl groups is 1. The monoisotopic (exact) mass is 437 g/mol. The van der Waals surface area contributed by atoms with Crippen molar-refractivity contribution in [3.63, 3.8) is 0 Å². The van der Waals surface area contributed by atoms with E-state index in [9.17, 15) is 14.7 Å². The number of hydrogen-bond acceptors (Lipinski definition) is 3. The molecule has 3 aromatic rings. The van der Waals surface area contributed by atoms with E-state index in [4.69, 9.17) is 11.6 Å². The molecule has 1 unspecified atom stereocenters. The van der Waals surface area contributed by atoms with E-state index in [1.807, 2.05) is 55.5 Å². The molecule has 7 heteroatoms. The predicted octanol–water partition coefficient (Wildman–Crippen LogP) is 3.24. The third-order valence-electron chi connectivity index (χ3n) is 6.68. The fourth-order valence-electron chi connectivity index (χ4n) is 5.16. The van der Waals surface area contributed by atoms with Gasteiger partial charge >= 0.3 is 0 Å². The van der Waals surface area contributed by atoms with Crippen LogP contribution in [0.5, 0.6) is 0 Å². The van der Waals surface area contributed by atoms with Crippen molar-refractivity contribution in [2.24, 2.45) is 0 Å². The van der Waals surface area contributed by atoms with Crippen molar-refractivity contribution in [3.05, 3.63) is 70.4 Å². The van der Waals surface area contributed by atoms with E-state index in [0.29, 0.717) is 24.5 Å². The molecule has 0 saturated carbocycles. The number of nitrogens with zero attached hydrogens (tertiary/aromatic N) is 2. The molecule has 6 nitrogen and oxygen atoms in total. The maximum absolute atomic E-state index is 13.7. The van der Waals surface area contributed by atoms with Crippen LogP contribution in [0.15, 0.2) is 48.5 Å². The largest absolute Gasteiger partial charge is 0.396 e. The Labute approximate surface area is 185 Å². The summed E-state index contributed by atoms with van der Waals surface area (Å²) in [6.07, 6.45) is 0.441. The minimum Gasteiger partial charge on any atom is -0.396 e. The third kappa shape index (κ3) is 2.89. The topological polar surface area (TPSA) is 76.6 Å². The number of H-pyrrole nitrogens is 1. The van der Waals surface area contributed by atoms with Gasteiger partial charge < -0.3 is 19.9 Å². The van der Waals surface area contributed by atoms with Crippen LogP contribution in [0, 0.1) is 0 Å². The highest BCUT2D eigenvalue weighted by Crippen LogP contribution is 2.49. The lowest BCUT2D eigenvalue weighted by Gasteiger charge is -2.51. The molecule has 2 atom stereocenters. The third-order valence-corrected chi connectivity index (χ3v) is 7.03. The summed E-state index contributed by atoms with van der Waals surface area (Å²) < 4.78 is 0. The molecular weight excluding hydrogens is 414 g/mol. The highest BCUT2D eigenvalue weighted by molar-refractivity contribution is 6.31. The second-order valence-electron chi connectivity index (χ2n) is 8.41. The first kappa shape index (κ1) is 20.1. The van der Waals surface area contributed by atoms with Crippen LogP contribution in [0.2, 0.25) is 5.02 Å². The molecule has 5 rings (SSSR count). The Kier molecular flexibility index (Phi) is 4.79. The molecule has 2 aliphatic heterocycles. The van der Waals surface area contributed by atoms with Crippen LogP contribution in [0.3, 0.4) is 0 Å². The summed E-state index contributed by atoms with van der Waals surface area (Å²) in [5.74, 6) is -0.360. The lowest BCUT2D eigenvalue weighted by molar-refractivity contribution is -0.166. The molecule has 160 valence electrons. The van der Waals surface area contributed by atoms with Crippen LogP contribution in [0.4, 0.5) is 0 Å². The number of piperazine rings is 1. The van der Waals surface area contributed by atoms with E-state index in [-0.39, 0.29) is 30.9 Å². The van der Waals surface area contributed by atoms with Crippen LogP contribution < -0.4 is 0 Å². The van der Waals surface area contributed by atoms with Crippen LogP contribution in [-0.4, -0.2) is 57.9 Å². The van der Waals surface area contributed by atoms with Gasteiger partial charge in [-0.2, -0.15) is 0 Å². The number of nitrogens with one attached hydrogen (secondary N) is 1. The van der Waals surface area contributed by atoms with Gasteiger partial charge in [-0.1, -0.05) is 48.0 Å². The van der Waals surface area contributed by atoms with E-state index in [1.54, 1.807) is 9.80 Å². The summed E-state index contributed by atoms with van der Waals surface area (Å²) in [5.41, 5.74) is 2.52. The fraction of sp³-hybridized carbons (Fsp3) is 0.333. The zero-order valence-electron chi connectivity index (χ0n) is 17.3. The van der Waals surface area contributed by atoms with Crippen molar-refractivity contribution in [2.75, 3.05) is 26.2 Å². The number of fused-ring (bicyclic) bond motifs is 5. The molecule has 3 heterocycles. The molecule has 1 saturated heterocycles. The molecule has 0 spiro atoms. The molecule has 2 aliphatic rings. The second kappa shape index (κ2) is 7.39. The van der Waals surface area contributed by atoms with Gasteiger partial charge in [0.2, 0.25) is 5.91 Å². The summed E-state index contributed by atoms with van der Waals surface area (Å²) >= 11 is 6.59. The molecule has 31 heavy (non-hydrogen) atoms. The number of carbonyl (C=O) groups is 2. The number of hydrogen-bond donors (Lipinski definition) is 2. The Bertz CT molecular complexity index is 1190. The number of carbonyl (C=O) groups excluding carboxylic acids is 2. The lowest BCUT2D eigenvalue weighted by Crippen LogP contribution is -2.67. The molecule has 0 radical (unpaired) electrons. The zero-order valence-corrected chi connectivity index (χ0v) is 18.0. The van der Waals surface area contributed by atoms with Gasteiger partial charge in [-0.25, -0.2) is 0 Å². The zero-order chi connectivity index (χ0) is 21.8. The van der Waals surface area contributed by atoms with Gasteiger partial charge in [-0.3, -0.25) is 9.59 Å². The van der Waals surface area contributed by atoms with Crippen LogP contribution in [0.25, 0.3) is 10.9 Å². The van der Waals surface area contributed by atoms with E-state index in [0.717, 1.165) is 27.7 Å². The number of halogens is 1. The Morgan fingerprint density at radius 1 is 1.16 bits per heavy atom. The smallest absolute Gasteiger partial charge is 0.254 e. The number of aromatic amines is 1. The van der Waals surface area contributed by atoms with E-state index in [2.05, 4.69) is 4.98 Å². The van der Waals surface area contributed by atoms with Gasteiger partial charge in [0.15, 0.2) is 5.54 Å². The number of rotatable bonds is 4. The predicted molar refractivity (Wildman–Crippen MR) is 119 cm³/mol. The normalized spacial score (nSPS) is 23.3. The molecule has 0 aliphatic carbocycles. The molecule has 2 amide bonds. The molecule has 0 bridgehead atoms. The average molecular weight is 438 g/mol. The van der Waals surface area contributed by atoms with Crippen LogP contribution in [0.1, 0.15) is 36.1 Å². The van der Waals surface area contributed by atoms with E-state index >= 15 is 0 Å². The molecule has 1 aromatic heterocycles. The lowest BCUT2D eigenvalue weighted by atomic mass is 9.76. The van der Waals surface area contributed by atoms with E-state index in [1.165, 1.54) is 0 Å². The quantitative estimate of drug-likeness (QED) is 0.657. The number of amides is 2. The van der Waals surface area contributed by atoms with Gasteiger partial charge in [-0.15, -0.1) is 0 Å². The van der Waals surface area contributed by atoms with Gasteiger partial charge in [-0.05, 0) is 36.6 Å². The summed E-state index contributed by atoms with van der Waals surface area (Å²) in [5, 5.41) is 10.9. The highest BCUT2D eigenvalue weighted by atomic mass is 35.5. The average Bonchev–Trinajstić information content (AvgIpc) is 3.17. The minimum atomic E-state index is -1.13. The van der Waals surface area contributed by atoms with Crippen molar-refractivity contribution in [3.8, 4) is 0 Å². The van der Waals surface area contributed by atoms with Crippen molar-refractivity contribution in [1.29, 1.82) is 0 Å². The van der Waals surface area contributed by atoms with Crippen molar-refractivity contribution >= 4 is 34.3 Å². The van der Waals surface area contributed by atoms with Gasteiger partial charge in [0.25, 0.3) is 5.91 Å². The van der Waals surface area contributed by atoms with Crippen molar-refractivity contribution in [1.82, 2.24) is 14.8 Å². The number of benzene rings is 2. The minimum absolute atomic E-state index is 0.0232. The molecular formula is C24H24ClN3O3. The number of aliphatic hydroxyl groups excluding tert-OH is 1. The Morgan fingerprint density at radius 2 is 1.90 bits per heavy atom. The SMILES string of the molecule is C[C@]12C(=O)N(CCCO)CC(=O)N1CC(c1ccccc1Cl)c1c2[nH]c2ccccc12. The first-order chi connectivity index (χ1) is 15.0. The fourth-order valence-corrected chi connectivity index (χ4v) is 5.42. The summed E-state index contributed by atoms with van der Waals surface area (Å²) in [6, 6.07) is 15.7. The van der Waals surface area contributed by atoms with Gasteiger partial charge in [0.1, 0.15) is 0 Å². The molecule has 2 aromatic carbocycles. The van der Waals surface area contributed by atoms with Gasteiger partial charge in [0, 0.05) is 41.5 Å². The summed E-state index contributed by atoms with van der Waals surface area (Å²) in [4.78, 5) is 33.7. The molecule has 2 N–H and O–H groups in total. The first-order valence-corrected chi connectivity index (χ1v) is 10.9. The Hall–Kier alpha value is -2.83. The number of aromatic nitrogens is 1. The highest BCUT2D eigenvalue weighted by Gasteiger charge is 2.56. The second-order valence-corrected chi connectivity index (χ2v) is 8.82. The summed E-state index contributed by atoms with van der Waals surface area (Å²) in [6.45, 7) is 2.57. The number of para-hydroxylation sites is 1. The van der Waals surface area contributed by atoms with Crippen molar-refractivity contribution in [2.45, 2.75) is 24.8 Å². The first-order valence-electron chi connectivity index (χ1n) is 10.5. The maximum atomic E-state index is 13.7. The summed E-state index contributed by atoms with van der Waals surface area (Å²) in [7, 11) is 0. The van der Waals surface area contributed by atoms with Crippen LogP contribution >= 0.6 is 11.6 Å². The van der Waals surface area contributed by atoms with E-state index < -0.39 is 5.54 Å².